The highest BCUT2D eigenvalue weighted by atomic mass is 32.1. The minimum atomic E-state index is -1.25. The molecule has 0 aliphatic carbocycles. The Labute approximate surface area is 209 Å². The van der Waals surface area contributed by atoms with Crippen molar-refractivity contribution in [1.82, 2.24) is 25.9 Å². The van der Waals surface area contributed by atoms with Crippen molar-refractivity contribution >= 4 is 36.3 Å². The maximum Gasteiger partial charge on any atom is 0.327 e. The van der Waals surface area contributed by atoms with Gasteiger partial charge in [0.15, 0.2) is 0 Å². The van der Waals surface area contributed by atoms with E-state index in [0.29, 0.717) is 12.1 Å². The quantitative estimate of drug-likeness (QED) is 0.182. The van der Waals surface area contributed by atoms with Gasteiger partial charge in [0.05, 0.1) is 12.4 Å². The van der Waals surface area contributed by atoms with E-state index in [0.717, 1.165) is 5.56 Å². The number of aromatic nitrogens is 2. The summed E-state index contributed by atoms with van der Waals surface area (Å²) < 4.78 is 0. The van der Waals surface area contributed by atoms with Crippen molar-refractivity contribution in [2.75, 3.05) is 5.75 Å². The van der Waals surface area contributed by atoms with Crippen LogP contribution in [-0.2, 0) is 32.0 Å². The van der Waals surface area contributed by atoms with E-state index in [9.17, 15) is 24.3 Å². The van der Waals surface area contributed by atoms with E-state index in [-0.39, 0.29) is 18.1 Å². The molecule has 35 heavy (non-hydrogen) atoms. The molecule has 0 saturated heterocycles. The number of carboxylic acids is 1. The summed E-state index contributed by atoms with van der Waals surface area (Å²) in [5.41, 5.74) is 7.49. The lowest BCUT2D eigenvalue weighted by atomic mass is 10.0. The Hall–Kier alpha value is -3.38. The summed E-state index contributed by atoms with van der Waals surface area (Å²) >= 11 is 3.95. The average Bonchev–Trinajstić information content (AvgIpc) is 3.33. The first kappa shape index (κ1) is 27.9. The molecule has 0 aliphatic heterocycles. The summed E-state index contributed by atoms with van der Waals surface area (Å²) in [5, 5.41) is 16.9. The van der Waals surface area contributed by atoms with Crippen LogP contribution in [0.3, 0.4) is 0 Å². The van der Waals surface area contributed by atoms with Crippen molar-refractivity contribution in [3.8, 4) is 0 Å². The zero-order valence-corrected chi connectivity index (χ0v) is 20.5. The zero-order chi connectivity index (χ0) is 26.0. The van der Waals surface area contributed by atoms with E-state index in [1.807, 2.05) is 30.3 Å². The molecule has 12 heteroatoms. The lowest BCUT2D eigenvalue weighted by molar-refractivity contribution is -0.141. The first-order chi connectivity index (χ1) is 16.6. The van der Waals surface area contributed by atoms with Crippen molar-refractivity contribution in [2.24, 2.45) is 11.7 Å². The number of aromatic amines is 1. The Bertz CT molecular complexity index is 986. The van der Waals surface area contributed by atoms with E-state index in [1.165, 1.54) is 12.5 Å². The van der Waals surface area contributed by atoms with Crippen LogP contribution < -0.4 is 21.7 Å². The number of nitrogens with two attached hydrogens (primary N) is 1. The van der Waals surface area contributed by atoms with Crippen LogP contribution in [0.15, 0.2) is 42.9 Å². The third kappa shape index (κ3) is 8.72. The topological polar surface area (TPSA) is 179 Å². The molecule has 3 amide bonds. The van der Waals surface area contributed by atoms with Crippen molar-refractivity contribution in [2.45, 2.75) is 50.9 Å². The minimum Gasteiger partial charge on any atom is -0.480 e. The van der Waals surface area contributed by atoms with E-state index in [1.54, 1.807) is 13.8 Å². The summed E-state index contributed by atoms with van der Waals surface area (Å²) in [6.45, 7) is 3.50. The molecule has 0 fully saturated rings. The van der Waals surface area contributed by atoms with Gasteiger partial charge in [-0.3, -0.25) is 14.4 Å². The fourth-order valence-electron chi connectivity index (χ4n) is 3.30. The molecule has 0 bridgehead atoms. The molecule has 0 radical (unpaired) electrons. The Morgan fingerprint density at radius 2 is 1.66 bits per heavy atom. The molecule has 1 heterocycles. The van der Waals surface area contributed by atoms with Crippen LogP contribution in [0.5, 0.6) is 0 Å². The molecule has 1 aromatic carbocycles. The van der Waals surface area contributed by atoms with Gasteiger partial charge in [-0.1, -0.05) is 44.2 Å². The minimum absolute atomic E-state index is 0.0305. The van der Waals surface area contributed by atoms with Crippen LogP contribution >= 0.6 is 12.6 Å². The molecular formula is C23H32N6O5S. The fourth-order valence-corrected chi connectivity index (χ4v) is 3.55. The second-order valence-corrected chi connectivity index (χ2v) is 8.82. The largest absolute Gasteiger partial charge is 0.480 e. The highest BCUT2D eigenvalue weighted by molar-refractivity contribution is 7.80. The van der Waals surface area contributed by atoms with E-state index in [2.05, 4.69) is 38.5 Å². The number of amides is 3. The highest BCUT2D eigenvalue weighted by Crippen LogP contribution is 2.07. The predicted octanol–water partition coefficient (Wildman–Crippen LogP) is -0.353. The van der Waals surface area contributed by atoms with Gasteiger partial charge in [-0.25, -0.2) is 9.78 Å². The summed E-state index contributed by atoms with van der Waals surface area (Å²) in [6.07, 6.45) is 3.24. The van der Waals surface area contributed by atoms with Crippen LogP contribution in [0.2, 0.25) is 0 Å². The number of benzene rings is 1. The van der Waals surface area contributed by atoms with E-state index >= 15 is 0 Å². The van der Waals surface area contributed by atoms with E-state index in [4.69, 9.17) is 5.73 Å². The number of aliphatic carboxylic acids is 1. The average molecular weight is 505 g/mol. The van der Waals surface area contributed by atoms with Crippen molar-refractivity contribution in [3.05, 3.63) is 54.1 Å². The van der Waals surface area contributed by atoms with Crippen molar-refractivity contribution < 1.29 is 24.3 Å². The molecule has 2 rings (SSSR count). The number of imidazole rings is 1. The van der Waals surface area contributed by atoms with Crippen LogP contribution in [0.25, 0.3) is 0 Å². The lowest BCUT2D eigenvalue weighted by Gasteiger charge is -2.26. The van der Waals surface area contributed by atoms with Gasteiger partial charge in [0.25, 0.3) is 0 Å². The first-order valence-corrected chi connectivity index (χ1v) is 11.8. The molecule has 1 aromatic heterocycles. The molecule has 0 spiro atoms. The smallest absolute Gasteiger partial charge is 0.327 e. The summed E-state index contributed by atoms with van der Waals surface area (Å²) in [7, 11) is 0. The van der Waals surface area contributed by atoms with Gasteiger partial charge in [0.2, 0.25) is 17.7 Å². The van der Waals surface area contributed by atoms with Gasteiger partial charge in [-0.05, 0) is 17.9 Å². The molecular weight excluding hydrogens is 472 g/mol. The van der Waals surface area contributed by atoms with Gasteiger partial charge in [-0.15, -0.1) is 0 Å². The van der Waals surface area contributed by atoms with Gasteiger partial charge in [0, 0.05) is 24.1 Å². The number of hydrogen-bond acceptors (Lipinski definition) is 7. The van der Waals surface area contributed by atoms with Gasteiger partial charge in [-0.2, -0.15) is 12.6 Å². The Balaban J connectivity index is 2.11. The Morgan fingerprint density at radius 1 is 1.00 bits per heavy atom. The Morgan fingerprint density at radius 3 is 2.20 bits per heavy atom. The summed E-state index contributed by atoms with van der Waals surface area (Å²) in [4.78, 5) is 56.8. The van der Waals surface area contributed by atoms with Crippen molar-refractivity contribution in [1.29, 1.82) is 0 Å². The van der Waals surface area contributed by atoms with E-state index < -0.39 is 47.9 Å². The second kappa shape index (κ2) is 13.5. The number of rotatable bonds is 13. The molecule has 190 valence electrons. The fraction of sp³-hybridized carbons (Fsp3) is 0.435. The summed E-state index contributed by atoms with van der Waals surface area (Å²) in [6, 6.07) is 5.06. The molecule has 2 aromatic rings. The number of hydrogen-bond donors (Lipinski definition) is 7. The van der Waals surface area contributed by atoms with Gasteiger partial charge in [0.1, 0.15) is 18.1 Å². The Kier molecular flexibility index (Phi) is 10.7. The molecule has 4 unspecified atom stereocenters. The highest BCUT2D eigenvalue weighted by Gasteiger charge is 2.31. The second-order valence-electron chi connectivity index (χ2n) is 8.45. The standard InChI is InChI=1S/C23H32N6O5S/c1-13(2)19(29-20(30)16(24)8-14-6-4-3-5-7-14)22(32)27-17(9-15-10-25-12-26-15)21(31)28-18(11-35)23(33)34/h3-7,10,12-13,16-19,35H,8-9,11,24H2,1-2H3,(H,25,26)(H,27,32)(H,28,31)(H,29,30)(H,33,34). The number of thiol groups is 1. The summed E-state index contributed by atoms with van der Waals surface area (Å²) in [5.74, 6) is -3.50. The number of carboxylic acid groups (broad SMARTS) is 1. The molecule has 11 nitrogen and oxygen atoms in total. The van der Waals surface area contributed by atoms with Crippen molar-refractivity contribution in [3.63, 3.8) is 0 Å². The first-order valence-electron chi connectivity index (χ1n) is 11.1. The van der Waals surface area contributed by atoms with Crippen LogP contribution in [0.1, 0.15) is 25.1 Å². The SMILES string of the molecule is CC(C)C(NC(=O)C(N)Cc1ccccc1)C(=O)NC(Cc1cnc[nH]1)C(=O)NC(CS)C(=O)O. The van der Waals surface area contributed by atoms with Crippen LogP contribution in [0, 0.1) is 5.92 Å². The molecule has 0 aliphatic rings. The third-order valence-corrected chi connectivity index (χ3v) is 5.66. The normalized spacial score (nSPS) is 14.4. The number of nitrogens with one attached hydrogen (secondary N) is 4. The molecule has 4 atom stereocenters. The zero-order valence-electron chi connectivity index (χ0n) is 19.6. The number of nitrogens with zero attached hydrogens (tertiary/aromatic N) is 1. The van der Waals surface area contributed by atoms with Gasteiger partial charge < -0.3 is 31.8 Å². The van der Waals surface area contributed by atoms with Gasteiger partial charge >= 0.3 is 5.97 Å². The number of carbonyl (C=O) groups is 4. The maximum absolute atomic E-state index is 13.1. The molecule has 7 N–H and O–H groups in total. The third-order valence-electron chi connectivity index (χ3n) is 5.29. The maximum atomic E-state index is 13.1. The van der Waals surface area contributed by atoms with Crippen LogP contribution in [0.4, 0.5) is 0 Å². The number of H-pyrrole nitrogens is 1. The monoisotopic (exact) mass is 504 g/mol. The number of carbonyl (C=O) groups excluding carboxylic acids is 3. The predicted molar refractivity (Wildman–Crippen MR) is 133 cm³/mol. The lowest BCUT2D eigenvalue weighted by Crippen LogP contribution is -2.59. The molecule has 0 saturated carbocycles. The van der Waals surface area contributed by atoms with Crippen LogP contribution in [-0.4, -0.2) is 68.7 Å².